The van der Waals surface area contributed by atoms with Crippen LogP contribution in [0.15, 0.2) is 18.2 Å². The predicted molar refractivity (Wildman–Crippen MR) is 69.1 cm³/mol. The maximum atomic E-state index is 12.3. The van der Waals surface area contributed by atoms with Gasteiger partial charge in [0.2, 0.25) is 0 Å². The summed E-state index contributed by atoms with van der Waals surface area (Å²) in [5.74, 6) is 0.308. The number of carbonyl (C=O) groups excluding carboxylic acids is 2. The van der Waals surface area contributed by atoms with E-state index in [1.807, 2.05) is 0 Å². The van der Waals surface area contributed by atoms with Crippen LogP contribution in [0.5, 0.6) is 5.75 Å². The van der Waals surface area contributed by atoms with Gasteiger partial charge in [-0.25, -0.2) is 0 Å². The molecule has 2 aliphatic heterocycles. The number of benzene rings is 1. The Morgan fingerprint density at radius 1 is 1.47 bits per heavy atom. The van der Waals surface area contributed by atoms with Crippen LogP contribution in [0.4, 0.5) is 5.69 Å². The molecule has 1 saturated heterocycles. The summed E-state index contributed by atoms with van der Waals surface area (Å²) in [5.41, 5.74) is 6.96. The molecule has 6 heteroatoms. The Labute approximate surface area is 110 Å². The molecule has 2 aliphatic rings. The molecule has 0 unspecified atom stereocenters. The highest BCUT2D eigenvalue weighted by molar-refractivity contribution is 5.99. The van der Waals surface area contributed by atoms with Crippen molar-refractivity contribution >= 4 is 17.5 Å². The Balaban J connectivity index is 1.82. The van der Waals surface area contributed by atoms with Gasteiger partial charge in [-0.05, 0) is 24.6 Å². The molecule has 1 fully saturated rings. The highest BCUT2D eigenvalue weighted by atomic mass is 16.5. The highest BCUT2D eigenvalue weighted by Gasteiger charge is 2.25. The topological polar surface area (TPSA) is 84.7 Å². The van der Waals surface area contributed by atoms with Gasteiger partial charge in [0, 0.05) is 24.7 Å². The Hall–Kier alpha value is -2.08. The summed E-state index contributed by atoms with van der Waals surface area (Å²) in [6, 6.07) is 5.12. The van der Waals surface area contributed by atoms with Gasteiger partial charge in [-0.3, -0.25) is 9.59 Å². The van der Waals surface area contributed by atoms with E-state index in [0.29, 0.717) is 30.1 Å². The minimum absolute atomic E-state index is 0.0147. The number of fused-ring (bicyclic) bond motifs is 1. The Morgan fingerprint density at radius 3 is 3.05 bits per heavy atom. The molecule has 0 spiro atoms. The number of hydrogen-bond donors (Lipinski definition) is 2. The van der Waals surface area contributed by atoms with Crippen LogP contribution >= 0.6 is 0 Å². The lowest BCUT2D eigenvalue weighted by molar-refractivity contribution is -0.118. The molecule has 6 nitrogen and oxygen atoms in total. The van der Waals surface area contributed by atoms with Gasteiger partial charge in [0.25, 0.3) is 11.8 Å². The maximum Gasteiger partial charge on any atom is 0.262 e. The molecule has 0 aliphatic carbocycles. The molecule has 3 rings (SSSR count). The first-order chi connectivity index (χ1) is 9.13. The molecule has 0 aromatic heterocycles. The van der Waals surface area contributed by atoms with Crippen LogP contribution in [0.1, 0.15) is 16.8 Å². The van der Waals surface area contributed by atoms with Crippen molar-refractivity contribution in [3.05, 3.63) is 23.8 Å². The van der Waals surface area contributed by atoms with Crippen LogP contribution in [0.25, 0.3) is 0 Å². The fourth-order valence-electron chi connectivity index (χ4n) is 2.36. The molecule has 0 bridgehead atoms. The molecule has 1 aromatic rings. The SMILES string of the molecule is N[C@H]1CCN(C(=O)c2ccc3c(c2)OCC(=O)N3)C1. The van der Waals surface area contributed by atoms with Crippen LogP contribution in [0.2, 0.25) is 0 Å². The summed E-state index contributed by atoms with van der Waals surface area (Å²) in [7, 11) is 0. The number of amides is 2. The molecule has 1 atom stereocenters. The molecule has 100 valence electrons. The summed E-state index contributed by atoms with van der Waals surface area (Å²) < 4.78 is 5.30. The maximum absolute atomic E-state index is 12.3. The lowest BCUT2D eigenvalue weighted by Gasteiger charge is -2.20. The van der Waals surface area contributed by atoms with Gasteiger partial charge in [-0.15, -0.1) is 0 Å². The van der Waals surface area contributed by atoms with E-state index in [-0.39, 0.29) is 24.5 Å². The van der Waals surface area contributed by atoms with Gasteiger partial charge >= 0.3 is 0 Å². The van der Waals surface area contributed by atoms with Crippen molar-refractivity contribution < 1.29 is 14.3 Å². The number of nitrogens with zero attached hydrogens (tertiary/aromatic N) is 1. The second-order valence-electron chi connectivity index (χ2n) is 4.85. The van der Waals surface area contributed by atoms with Crippen LogP contribution < -0.4 is 15.8 Å². The first-order valence-electron chi connectivity index (χ1n) is 6.25. The van der Waals surface area contributed by atoms with E-state index in [0.717, 1.165) is 6.42 Å². The number of carbonyl (C=O) groups is 2. The standard InChI is InChI=1S/C13H15N3O3/c14-9-3-4-16(6-9)13(18)8-1-2-10-11(5-8)19-7-12(17)15-10/h1-2,5,9H,3-4,6-7,14H2,(H,15,17)/t9-/m0/s1. The zero-order valence-corrected chi connectivity index (χ0v) is 10.4. The lowest BCUT2D eigenvalue weighted by Crippen LogP contribution is -2.32. The third-order valence-corrected chi connectivity index (χ3v) is 3.37. The van der Waals surface area contributed by atoms with Crippen molar-refractivity contribution in [3.63, 3.8) is 0 Å². The van der Waals surface area contributed by atoms with Crippen molar-refractivity contribution in [2.24, 2.45) is 5.73 Å². The third-order valence-electron chi connectivity index (χ3n) is 3.37. The zero-order chi connectivity index (χ0) is 13.4. The number of anilines is 1. The Bertz CT molecular complexity index is 544. The van der Waals surface area contributed by atoms with Gasteiger partial charge in [0.1, 0.15) is 5.75 Å². The van der Waals surface area contributed by atoms with E-state index in [9.17, 15) is 9.59 Å². The van der Waals surface area contributed by atoms with Crippen LogP contribution in [0.3, 0.4) is 0 Å². The largest absolute Gasteiger partial charge is 0.482 e. The first-order valence-corrected chi connectivity index (χ1v) is 6.25. The fourth-order valence-corrected chi connectivity index (χ4v) is 2.36. The summed E-state index contributed by atoms with van der Waals surface area (Å²) >= 11 is 0. The molecule has 2 amide bonds. The number of nitrogens with two attached hydrogens (primary N) is 1. The number of rotatable bonds is 1. The quantitative estimate of drug-likeness (QED) is 0.756. The zero-order valence-electron chi connectivity index (χ0n) is 10.4. The van der Waals surface area contributed by atoms with E-state index in [1.54, 1.807) is 23.1 Å². The molecular weight excluding hydrogens is 246 g/mol. The average Bonchev–Trinajstić information content (AvgIpc) is 2.84. The Kier molecular flexibility index (Phi) is 2.87. The average molecular weight is 261 g/mol. The fraction of sp³-hybridized carbons (Fsp3) is 0.385. The van der Waals surface area contributed by atoms with E-state index in [4.69, 9.17) is 10.5 Å². The van der Waals surface area contributed by atoms with E-state index in [2.05, 4.69) is 5.32 Å². The number of nitrogens with one attached hydrogen (secondary N) is 1. The van der Waals surface area contributed by atoms with Gasteiger partial charge in [-0.1, -0.05) is 0 Å². The van der Waals surface area contributed by atoms with Crippen LogP contribution in [-0.4, -0.2) is 42.5 Å². The molecule has 2 heterocycles. The molecule has 1 aromatic carbocycles. The van der Waals surface area contributed by atoms with Gasteiger partial charge in [0.05, 0.1) is 5.69 Å². The monoisotopic (exact) mass is 261 g/mol. The highest BCUT2D eigenvalue weighted by Crippen LogP contribution is 2.29. The first kappa shape index (κ1) is 12.0. The second kappa shape index (κ2) is 4.55. The smallest absolute Gasteiger partial charge is 0.262 e. The molecule has 0 saturated carbocycles. The van der Waals surface area contributed by atoms with Crippen molar-refractivity contribution in [2.45, 2.75) is 12.5 Å². The van der Waals surface area contributed by atoms with Crippen molar-refractivity contribution in [1.29, 1.82) is 0 Å². The number of hydrogen-bond acceptors (Lipinski definition) is 4. The van der Waals surface area contributed by atoms with E-state index < -0.39 is 0 Å². The molecule has 3 N–H and O–H groups in total. The van der Waals surface area contributed by atoms with Crippen molar-refractivity contribution in [2.75, 3.05) is 25.0 Å². The van der Waals surface area contributed by atoms with Crippen LogP contribution in [0, 0.1) is 0 Å². The second-order valence-corrected chi connectivity index (χ2v) is 4.85. The summed E-state index contributed by atoms with van der Waals surface area (Å²) in [6.07, 6.45) is 0.837. The lowest BCUT2D eigenvalue weighted by atomic mass is 10.1. The van der Waals surface area contributed by atoms with E-state index in [1.165, 1.54) is 0 Å². The molecule has 19 heavy (non-hydrogen) atoms. The summed E-state index contributed by atoms with van der Waals surface area (Å²) in [4.78, 5) is 25.2. The summed E-state index contributed by atoms with van der Waals surface area (Å²) in [6.45, 7) is 1.27. The van der Waals surface area contributed by atoms with Crippen molar-refractivity contribution in [1.82, 2.24) is 4.90 Å². The predicted octanol–water partition coefficient (Wildman–Crippen LogP) is 0.191. The van der Waals surface area contributed by atoms with Gasteiger partial charge < -0.3 is 20.7 Å². The minimum Gasteiger partial charge on any atom is -0.482 e. The van der Waals surface area contributed by atoms with Crippen LogP contribution in [-0.2, 0) is 4.79 Å². The summed E-state index contributed by atoms with van der Waals surface area (Å²) in [5, 5.41) is 2.69. The third kappa shape index (κ3) is 2.26. The Morgan fingerprint density at radius 2 is 2.32 bits per heavy atom. The molecule has 0 radical (unpaired) electrons. The normalized spacial score (nSPS) is 21.6. The minimum atomic E-state index is -0.183. The molecular formula is C13H15N3O3. The van der Waals surface area contributed by atoms with Crippen molar-refractivity contribution in [3.8, 4) is 5.75 Å². The van der Waals surface area contributed by atoms with E-state index >= 15 is 0 Å². The van der Waals surface area contributed by atoms with Gasteiger partial charge in [-0.2, -0.15) is 0 Å². The van der Waals surface area contributed by atoms with Gasteiger partial charge in [0.15, 0.2) is 6.61 Å². The number of likely N-dealkylation sites (tertiary alicyclic amines) is 1. The number of ether oxygens (including phenoxy) is 1.